The van der Waals surface area contributed by atoms with E-state index in [0.717, 1.165) is 181 Å². The molecule has 3 aliphatic heterocycles. The summed E-state index contributed by atoms with van der Waals surface area (Å²) in [5.74, 6) is 0. The van der Waals surface area contributed by atoms with Crippen LogP contribution in [0.5, 0.6) is 0 Å². The largest absolute Gasteiger partial charge is 0.399 e. The Kier molecular flexibility index (Phi) is 31.1. The smallest absolute Gasteiger partial charge is 0.102 e. The number of unbranched alkanes of at least 4 members (excludes halogenated alkanes) is 2. The molecule has 3 saturated heterocycles. The van der Waals surface area contributed by atoms with Crippen molar-refractivity contribution in [3.63, 3.8) is 0 Å². The molecule has 91 heavy (non-hydrogen) atoms. The van der Waals surface area contributed by atoms with E-state index in [4.69, 9.17) is 62.4 Å². The number of quaternary nitrogens is 5. The molecule has 5 aromatic rings. The molecule has 510 valence electrons. The van der Waals surface area contributed by atoms with Crippen molar-refractivity contribution in [1.29, 1.82) is 0 Å². The van der Waals surface area contributed by atoms with Crippen LogP contribution in [0.1, 0.15) is 36.8 Å². The minimum atomic E-state index is 0.271. The van der Waals surface area contributed by atoms with E-state index in [0.29, 0.717) is 0 Å². The number of aryl methyl sites for hydroxylation is 2. The van der Waals surface area contributed by atoms with E-state index >= 15 is 0 Å². The summed E-state index contributed by atoms with van der Waals surface area (Å²) < 4.78 is 5.21. The molecule has 8 rings (SSSR count). The quantitative estimate of drug-likeness (QED) is 0.0217. The molecule has 5 aromatic carbocycles. The Morgan fingerprint density at radius 1 is 0.385 bits per heavy atom. The summed E-state index contributed by atoms with van der Waals surface area (Å²) in [5, 5.41) is 19.1. The first-order valence-electron chi connectivity index (χ1n) is 33.0. The molecular formula is C69H128N21O+5. The van der Waals surface area contributed by atoms with E-state index in [2.05, 4.69) is 108 Å². The van der Waals surface area contributed by atoms with Gasteiger partial charge in [0.05, 0.1) is 177 Å². The van der Waals surface area contributed by atoms with Gasteiger partial charge in [-0.25, -0.2) is 0 Å². The van der Waals surface area contributed by atoms with Gasteiger partial charge in [-0.1, -0.05) is 0 Å². The summed E-state index contributed by atoms with van der Waals surface area (Å²) >= 11 is 0. The molecule has 3 aliphatic rings. The van der Waals surface area contributed by atoms with E-state index in [1.807, 2.05) is 84.9 Å². The molecule has 0 aliphatic carbocycles. The first-order chi connectivity index (χ1) is 42.7. The number of piperazine rings is 3. The Morgan fingerprint density at radius 3 is 1.07 bits per heavy atom. The molecule has 0 saturated carbocycles. The molecule has 0 amide bonds. The van der Waals surface area contributed by atoms with Crippen molar-refractivity contribution in [3.8, 4) is 0 Å². The summed E-state index contributed by atoms with van der Waals surface area (Å²) in [6.07, 6.45) is 6.87. The molecule has 3 fully saturated rings. The SMILES string of the molecule is C[N+](C)(C)CCCCc1cc(N)ccc1N.C[N+](C)(C)CCNc1cc(N)ccc1N.C[N+]1(C)CCN(CCCCc2cc(N)ccc2N)CC1.C[N+]1(C)CCN(CCNc2cc(N)ccc2N)CC1.C[N+]1(CCO)CCN(CCNc2cc(N)ccc2N)CC1. The average molecular weight is 1270 g/mol. The van der Waals surface area contributed by atoms with Gasteiger partial charge in [0, 0.05) is 105 Å². The lowest BCUT2D eigenvalue weighted by Gasteiger charge is -2.41. The summed E-state index contributed by atoms with van der Waals surface area (Å²) in [6, 6.07) is 28.1. The van der Waals surface area contributed by atoms with Crippen LogP contribution < -0.4 is 73.3 Å². The number of nitrogens with zero attached hydrogens (tertiary/aromatic N) is 8. The van der Waals surface area contributed by atoms with Crippen molar-refractivity contribution >= 4 is 73.9 Å². The highest BCUT2D eigenvalue weighted by molar-refractivity contribution is 5.72. The standard InChI is InChI=1S/C16H29N4.C15H28N5O.C14H26N5.C13H24N3.C11H21N4/c1-20(2)11-9-19(10-12-20)8-4-3-5-14-13-15(17)6-7-16(14)18;1-20(10-11-21)8-6-19(7-9-20)5-4-18-15-12-13(16)2-3-14(15)17;1-19(2)9-7-18(8-10-19)6-5-17-14-11-12(15)3-4-13(14)16;1-16(2,3)9-5-4-6-11-10-12(14)7-8-13(11)15;1-15(2,3)7-6-14-11-8-9(12)4-5-10(11)13/h6-7,13H,3-5,8-12,17-18H2,1-2H3;2-3,12,18,21H,4-11,16-17H2,1H3;3-4,11,17H,5-10,15-16H2,1-2H3;7-8,10H,4-6,9,14-15H2,1-3H3;4-5,8,14H,6-7,12-13H2,1-3H3/q5*+1. The van der Waals surface area contributed by atoms with Gasteiger partial charge in [-0.05, 0) is 147 Å². The fourth-order valence-electron chi connectivity index (χ4n) is 10.9. The first-order valence-corrected chi connectivity index (χ1v) is 33.0. The zero-order chi connectivity index (χ0) is 67.4. The topological polar surface area (TPSA) is 326 Å². The number of hydrogen-bond donors (Lipinski definition) is 14. The van der Waals surface area contributed by atoms with Gasteiger partial charge in [0.1, 0.15) is 6.54 Å². The highest BCUT2D eigenvalue weighted by Gasteiger charge is 2.28. The van der Waals surface area contributed by atoms with E-state index in [9.17, 15) is 0 Å². The van der Waals surface area contributed by atoms with Crippen molar-refractivity contribution < 1.29 is 27.5 Å². The third kappa shape index (κ3) is 31.3. The van der Waals surface area contributed by atoms with Gasteiger partial charge in [-0.15, -0.1) is 0 Å². The van der Waals surface area contributed by atoms with Gasteiger partial charge in [0.2, 0.25) is 0 Å². The molecule has 0 bridgehead atoms. The molecule has 0 radical (unpaired) electrons. The van der Waals surface area contributed by atoms with Crippen LogP contribution in [0, 0.1) is 0 Å². The number of hydrogen-bond acceptors (Lipinski definition) is 17. The van der Waals surface area contributed by atoms with Crippen LogP contribution in [-0.2, 0) is 12.8 Å². The lowest BCUT2D eigenvalue weighted by atomic mass is 10.1. The maximum Gasteiger partial charge on any atom is 0.102 e. The van der Waals surface area contributed by atoms with Gasteiger partial charge in [-0.3, -0.25) is 14.7 Å². The van der Waals surface area contributed by atoms with Crippen molar-refractivity contribution in [1.82, 2.24) is 14.7 Å². The third-order valence-corrected chi connectivity index (χ3v) is 17.5. The van der Waals surface area contributed by atoms with Gasteiger partial charge in [0.25, 0.3) is 0 Å². The third-order valence-electron chi connectivity index (χ3n) is 17.5. The zero-order valence-electron chi connectivity index (χ0n) is 58.3. The number of likely N-dealkylation sites (N-methyl/N-ethyl adjacent to an activating group) is 4. The normalized spacial score (nSPS) is 16.4. The van der Waals surface area contributed by atoms with Crippen LogP contribution in [0.2, 0.25) is 0 Å². The zero-order valence-corrected chi connectivity index (χ0v) is 58.3. The van der Waals surface area contributed by atoms with Crippen molar-refractivity contribution in [3.05, 3.63) is 102 Å². The Morgan fingerprint density at radius 2 is 0.703 bits per heavy atom. The molecule has 22 nitrogen and oxygen atoms in total. The second-order valence-electron chi connectivity index (χ2n) is 29.0. The Hall–Kier alpha value is -6.86. The molecular weight excluding hydrogens is 1140 g/mol. The van der Waals surface area contributed by atoms with Crippen molar-refractivity contribution in [2.75, 3.05) is 295 Å². The molecule has 0 unspecified atom stereocenters. The number of rotatable bonds is 24. The number of nitrogens with two attached hydrogens (primary N) is 10. The molecule has 0 spiro atoms. The monoisotopic (exact) mass is 1270 g/mol. The van der Waals surface area contributed by atoms with Gasteiger partial charge >= 0.3 is 0 Å². The second-order valence-corrected chi connectivity index (χ2v) is 29.0. The van der Waals surface area contributed by atoms with Crippen LogP contribution in [0.3, 0.4) is 0 Å². The minimum absolute atomic E-state index is 0.271. The van der Waals surface area contributed by atoms with Crippen molar-refractivity contribution in [2.45, 2.75) is 38.5 Å². The number of nitrogens with one attached hydrogen (secondary N) is 3. The van der Waals surface area contributed by atoms with Gasteiger partial charge in [0.15, 0.2) is 0 Å². The van der Waals surface area contributed by atoms with Crippen LogP contribution in [0.4, 0.5) is 73.9 Å². The number of aliphatic hydroxyl groups excluding tert-OH is 1. The number of aliphatic hydroxyl groups is 1. The lowest BCUT2D eigenvalue weighted by Crippen LogP contribution is -2.58. The highest BCUT2D eigenvalue weighted by Crippen LogP contribution is 2.25. The van der Waals surface area contributed by atoms with Gasteiger partial charge < -0.3 is 101 Å². The lowest BCUT2D eigenvalue weighted by molar-refractivity contribution is -0.913. The fourth-order valence-corrected chi connectivity index (χ4v) is 10.9. The van der Waals surface area contributed by atoms with Crippen LogP contribution in [0.15, 0.2) is 91.0 Å². The summed E-state index contributed by atoms with van der Waals surface area (Å²) in [7, 11) is 24.6. The summed E-state index contributed by atoms with van der Waals surface area (Å²) in [6.45, 7) is 23.4. The molecule has 24 N–H and O–H groups in total. The van der Waals surface area contributed by atoms with E-state index in [-0.39, 0.29) is 6.61 Å². The molecule has 22 heteroatoms. The van der Waals surface area contributed by atoms with Crippen LogP contribution in [-0.4, -0.2) is 264 Å². The van der Waals surface area contributed by atoms with E-state index in [1.54, 1.807) is 6.07 Å². The summed E-state index contributed by atoms with van der Waals surface area (Å²) in [5.41, 5.74) is 71.2. The summed E-state index contributed by atoms with van der Waals surface area (Å²) in [4.78, 5) is 7.54. The Labute approximate surface area is 549 Å². The Bertz CT molecular complexity index is 2880. The number of nitrogen functional groups attached to an aromatic ring is 10. The van der Waals surface area contributed by atoms with Crippen LogP contribution >= 0.6 is 0 Å². The van der Waals surface area contributed by atoms with E-state index in [1.165, 1.54) is 102 Å². The number of anilines is 13. The van der Waals surface area contributed by atoms with Crippen molar-refractivity contribution in [2.24, 2.45) is 0 Å². The highest BCUT2D eigenvalue weighted by atomic mass is 16.3. The number of benzene rings is 5. The Balaban J connectivity index is 0.000000244. The predicted molar refractivity (Wildman–Crippen MR) is 394 cm³/mol. The fraction of sp³-hybridized carbons (Fsp3) is 0.565. The van der Waals surface area contributed by atoms with E-state index < -0.39 is 0 Å². The van der Waals surface area contributed by atoms with Gasteiger partial charge in [-0.2, -0.15) is 0 Å². The average Bonchev–Trinajstić information content (AvgIpc) is 1.85. The molecule has 0 aromatic heterocycles. The maximum absolute atomic E-state index is 9.10. The predicted octanol–water partition coefficient (Wildman–Crippen LogP) is 5.09. The second kappa shape index (κ2) is 37.0. The first kappa shape index (κ1) is 76.6. The molecule has 3 heterocycles. The minimum Gasteiger partial charge on any atom is -0.399 e. The van der Waals surface area contributed by atoms with Crippen LogP contribution in [0.25, 0.3) is 0 Å². The molecule has 0 atom stereocenters. The maximum atomic E-state index is 9.10.